The van der Waals surface area contributed by atoms with E-state index in [1.807, 2.05) is 0 Å². The first-order valence-corrected chi connectivity index (χ1v) is 11.6. The van der Waals surface area contributed by atoms with Crippen LogP contribution in [0.25, 0.3) is 27.7 Å². The average molecular weight is 491 g/mol. The van der Waals surface area contributed by atoms with Crippen molar-refractivity contribution in [2.45, 2.75) is 31.7 Å². The van der Waals surface area contributed by atoms with E-state index in [-0.39, 0.29) is 46.0 Å². The highest BCUT2D eigenvalue weighted by atomic mass is 19.2. The number of benzene rings is 2. The number of hydrogen-bond donors (Lipinski definition) is 1. The van der Waals surface area contributed by atoms with E-state index in [2.05, 4.69) is 10.3 Å². The van der Waals surface area contributed by atoms with Crippen LogP contribution in [0.15, 0.2) is 59.5 Å². The van der Waals surface area contributed by atoms with Gasteiger partial charge >= 0.3 is 5.97 Å². The van der Waals surface area contributed by atoms with Gasteiger partial charge in [-0.2, -0.15) is 0 Å². The zero-order valence-electron chi connectivity index (χ0n) is 19.5. The fourth-order valence-electron chi connectivity index (χ4n) is 4.76. The number of aromatic nitrogens is 2. The van der Waals surface area contributed by atoms with Crippen LogP contribution in [0, 0.1) is 17.6 Å². The maximum Gasteiger partial charge on any atom is 0.308 e. The minimum absolute atomic E-state index is 0.0931. The van der Waals surface area contributed by atoms with Gasteiger partial charge in [0.25, 0.3) is 11.5 Å². The Labute approximate surface area is 204 Å². The van der Waals surface area contributed by atoms with Gasteiger partial charge < -0.3 is 10.1 Å². The van der Waals surface area contributed by atoms with Crippen molar-refractivity contribution in [1.82, 2.24) is 14.7 Å². The molecule has 1 N–H and O–H groups in total. The smallest absolute Gasteiger partial charge is 0.308 e. The van der Waals surface area contributed by atoms with Gasteiger partial charge in [-0.15, -0.1) is 0 Å². The van der Waals surface area contributed by atoms with E-state index >= 15 is 0 Å². The molecule has 0 aliphatic heterocycles. The molecule has 0 bridgehead atoms. The highest BCUT2D eigenvalue weighted by Gasteiger charge is 2.28. The SMILES string of the molecule is COC(=O)C1CCC(NC(=O)c2cccn3c(=O)c4cc(-c5ccc(F)c(F)c5)ccc4nc23)CC1. The predicted octanol–water partition coefficient (Wildman–Crippen LogP) is 4.25. The zero-order chi connectivity index (χ0) is 25.4. The molecule has 1 aliphatic carbocycles. The van der Waals surface area contributed by atoms with Crippen LogP contribution in [0.3, 0.4) is 0 Å². The Morgan fingerprint density at radius 3 is 2.44 bits per heavy atom. The maximum atomic E-state index is 13.7. The lowest BCUT2D eigenvalue weighted by Crippen LogP contribution is -2.39. The standard InChI is InChI=1S/C27H23F2N3O4/c1-36-27(35)15-4-8-18(9-5-15)30-25(33)19-3-2-12-32-24(19)31-23-11-7-16(13-20(23)26(32)34)17-6-10-21(28)22(29)14-17/h2-3,6-7,10-15,18H,4-5,8-9H2,1H3,(H,30,33). The molecule has 0 atom stereocenters. The minimum atomic E-state index is -0.976. The average Bonchev–Trinajstić information content (AvgIpc) is 2.90. The highest BCUT2D eigenvalue weighted by Crippen LogP contribution is 2.27. The quantitative estimate of drug-likeness (QED) is 0.341. The van der Waals surface area contributed by atoms with E-state index in [0.29, 0.717) is 42.3 Å². The summed E-state index contributed by atoms with van der Waals surface area (Å²) in [5.74, 6) is -2.65. The number of esters is 1. The van der Waals surface area contributed by atoms with Crippen LogP contribution in [0.5, 0.6) is 0 Å². The summed E-state index contributed by atoms with van der Waals surface area (Å²) in [4.78, 5) is 42.7. The Morgan fingerprint density at radius 1 is 1.00 bits per heavy atom. The first-order valence-electron chi connectivity index (χ1n) is 11.6. The molecular weight excluding hydrogens is 468 g/mol. The van der Waals surface area contributed by atoms with E-state index < -0.39 is 11.6 Å². The summed E-state index contributed by atoms with van der Waals surface area (Å²) in [6.07, 6.45) is 4.11. The Hall–Kier alpha value is -4.14. The summed E-state index contributed by atoms with van der Waals surface area (Å²) in [6.45, 7) is 0. The molecule has 36 heavy (non-hydrogen) atoms. The second-order valence-corrected chi connectivity index (χ2v) is 8.94. The van der Waals surface area contributed by atoms with Crippen molar-refractivity contribution < 1.29 is 23.1 Å². The number of amides is 1. The van der Waals surface area contributed by atoms with Crippen LogP contribution >= 0.6 is 0 Å². The molecular formula is C27H23F2N3O4. The van der Waals surface area contributed by atoms with E-state index in [4.69, 9.17) is 4.74 Å². The van der Waals surface area contributed by atoms with Crippen LogP contribution in [-0.2, 0) is 9.53 Å². The third kappa shape index (κ3) is 4.32. The predicted molar refractivity (Wildman–Crippen MR) is 130 cm³/mol. The normalized spacial score (nSPS) is 17.8. The third-order valence-corrected chi connectivity index (χ3v) is 6.73. The molecule has 0 spiro atoms. The van der Waals surface area contributed by atoms with Crippen molar-refractivity contribution in [3.8, 4) is 11.1 Å². The van der Waals surface area contributed by atoms with Crippen LogP contribution < -0.4 is 10.9 Å². The molecule has 1 fully saturated rings. The number of nitrogens with zero attached hydrogens (tertiary/aromatic N) is 2. The Morgan fingerprint density at radius 2 is 1.72 bits per heavy atom. The molecule has 184 valence electrons. The molecule has 9 heteroatoms. The number of methoxy groups -OCH3 is 1. The van der Waals surface area contributed by atoms with Gasteiger partial charge in [-0.1, -0.05) is 12.1 Å². The second-order valence-electron chi connectivity index (χ2n) is 8.94. The van der Waals surface area contributed by atoms with E-state index in [1.165, 1.54) is 23.8 Å². The summed E-state index contributed by atoms with van der Waals surface area (Å²) in [7, 11) is 1.37. The molecule has 0 unspecified atom stereocenters. The van der Waals surface area contributed by atoms with Crippen LogP contribution in [0.1, 0.15) is 36.0 Å². The number of fused-ring (bicyclic) bond motifs is 2. The molecule has 2 aromatic heterocycles. The molecule has 1 aliphatic rings. The monoisotopic (exact) mass is 491 g/mol. The number of carbonyl (C=O) groups excluding carboxylic acids is 2. The summed E-state index contributed by atoms with van der Waals surface area (Å²) < 4.78 is 33.2. The number of ether oxygens (including phenoxy) is 1. The van der Waals surface area contributed by atoms with Crippen LogP contribution in [-0.4, -0.2) is 34.4 Å². The highest BCUT2D eigenvalue weighted by molar-refractivity contribution is 6.01. The number of halogens is 2. The maximum absolute atomic E-state index is 13.7. The zero-order valence-corrected chi connectivity index (χ0v) is 19.5. The van der Waals surface area contributed by atoms with Gasteiger partial charge in [-0.25, -0.2) is 13.8 Å². The molecule has 1 saturated carbocycles. The molecule has 2 aromatic carbocycles. The topological polar surface area (TPSA) is 89.8 Å². The lowest BCUT2D eigenvalue weighted by atomic mass is 9.86. The number of pyridine rings is 1. The Balaban J connectivity index is 1.46. The summed E-state index contributed by atoms with van der Waals surface area (Å²) in [5, 5.41) is 3.29. The summed E-state index contributed by atoms with van der Waals surface area (Å²) in [6, 6.07) is 11.5. The fraction of sp³-hybridized carbons (Fsp3) is 0.259. The van der Waals surface area contributed by atoms with Crippen molar-refractivity contribution in [2.24, 2.45) is 5.92 Å². The second kappa shape index (κ2) is 9.49. The van der Waals surface area contributed by atoms with Crippen molar-refractivity contribution in [3.63, 3.8) is 0 Å². The molecule has 2 heterocycles. The lowest BCUT2D eigenvalue weighted by Gasteiger charge is -2.27. The molecule has 5 rings (SSSR count). The lowest BCUT2D eigenvalue weighted by molar-refractivity contribution is -0.146. The van der Waals surface area contributed by atoms with Crippen molar-refractivity contribution >= 4 is 28.4 Å². The Bertz CT molecular complexity index is 1560. The number of hydrogen-bond acceptors (Lipinski definition) is 5. The summed E-state index contributed by atoms with van der Waals surface area (Å²) >= 11 is 0. The Kier molecular flexibility index (Phi) is 6.22. The number of nitrogens with one attached hydrogen (secondary N) is 1. The van der Waals surface area contributed by atoms with Crippen molar-refractivity contribution in [1.29, 1.82) is 0 Å². The molecule has 1 amide bonds. The van der Waals surface area contributed by atoms with Crippen molar-refractivity contribution in [3.05, 3.63) is 82.3 Å². The van der Waals surface area contributed by atoms with Crippen LogP contribution in [0.4, 0.5) is 8.78 Å². The van der Waals surface area contributed by atoms with Gasteiger partial charge in [-0.05, 0) is 73.2 Å². The van der Waals surface area contributed by atoms with Gasteiger partial charge in [-0.3, -0.25) is 18.8 Å². The van der Waals surface area contributed by atoms with Gasteiger partial charge in [0.15, 0.2) is 17.3 Å². The third-order valence-electron chi connectivity index (χ3n) is 6.73. The molecule has 0 saturated heterocycles. The van der Waals surface area contributed by atoms with Crippen molar-refractivity contribution in [2.75, 3.05) is 7.11 Å². The first kappa shape index (κ1) is 23.6. The summed E-state index contributed by atoms with van der Waals surface area (Å²) in [5.41, 5.74) is 1.44. The molecule has 4 aromatic rings. The van der Waals surface area contributed by atoms with E-state index in [0.717, 1.165) is 12.1 Å². The largest absolute Gasteiger partial charge is 0.469 e. The van der Waals surface area contributed by atoms with Gasteiger partial charge in [0, 0.05) is 12.2 Å². The van der Waals surface area contributed by atoms with Crippen LogP contribution in [0.2, 0.25) is 0 Å². The van der Waals surface area contributed by atoms with E-state index in [1.54, 1.807) is 30.3 Å². The number of carbonyl (C=O) groups is 2. The van der Waals surface area contributed by atoms with Gasteiger partial charge in [0.05, 0.1) is 29.5 Å². The first-order chi connectivity index (χ1) is 17.4. The fourth-order valence-corrected chi connectivity index (χ4v) is 4.76. The minimum Gasteiger partial charge on any atom is -0.469 e. The number of rotatable bonds is 4. The van der Waals surface area contributed by atoms with Gasteiger partial charge in [0.2, 0.25) is 0 Å². The molecule has 7 nitrogen and oxygen atoms in total. The van der Waals surface area contributed by atoms with E-state index in [9.17, 15) is 23.2 Å². The van der Waals surface area contributed by atoms with Gasteiger partial charge in [0.1, 0.15) is 0 Å². The molecule has 0 radical (unpaired) electrons.